The fraction of sp³-hybridized carbons (Fsp3) is 0.182. The largest absolute Gasteiger partial charge is 0.396 e. The van der Waals surface area contributed by atoms with Crippen LogP contribution in [0.15, 0.2) is 59.6 Å². The molecule has 0 aliphatic carbocycles. The molecule has 0 saturated carbocycles. The van der Waals surface area contributed by atoms with Gasteiger partial charge >= 0.3 is 0 Å². The highest BCUT2D eigenvalue weighted by Crippen LogP contribution is 2.29. The van der Waals surface area contributed by atoms with Crippen molar-refractivity contribution in [1.82, 2.24) is 20.2 Å². The Labute approximate surface area is 206 Å². The van der Waals surface area contributed by atoms with Crippen LogP contribution in [0.4, 0.5) is 17.5 Å². The molecule has 0 saturated heterocycles. The first-order valence-corrected chi connectivity index (χ1v) is 13.1. The van der Waals surface area contributed by atoms with E-state index in [2.05, 4.69) is 25.5 Å². The summed E-state index contributed by atoms with van der Waals surface area (Å²) in [5.74, 6) is 0.512. The molecule has 2 aromatic carbocycles. The fourth-order valence-corrected chi connectivity index (χ4v) is 4.85. The van der Waals surface area contributed by atoms with Crippen LogP contribution < -0.4 is 11.1 Å². The molecule has 12 heteroatoms. The molecular formula is C22H23ClN6O3S2. The molecule has 4 rings (SSSR count). The first-order valence-electron chi connectivity index (χ1n) is 10.0. The molecule has 0 radical (unpaired) electrons. The Morgan fingerprint density at radius 2 is 1.88 bits per heavy atom. The van der Waals surface area contributed by atoms with E-state index in [9.17, 15) is 8.42 Å². The summed E-state index contributed by atoms with van der Waals surface area (Å²) in [6.07, 6.45) is 3.41. The molecule has 0 atom stereocenters. The molecule has 4 N–H and O–H groups in total. The van der Waals surface area contributed by atoms with E-state index >= 15 is 0 Å². The molecule has 0 unspecified atom stereocenters. The first-order chi connectivity index (χ1) is 16.2. The summed E-state index contributed by atoms with van der Waals surface area (Å²) in [4.78, 5) is 8.44. The van der Waals surface area contributed by atoms with E-state index in [4.69, 9.17) is 22.4 Å². The second-order valence-electron chi connectivity index (χ2n) is 7.12. The maximum absolute atomic E-state index is 11.6. The third kappa shape index (κ3) is 6.94. The summed E-state index contributed by atoms with van der Waals surface area (Å²) in [6.45, 7) is 2.09. The molecule has 0 spiro atoms. The van der Waals surface area contributed by atoms with Gasteiger partial charge in [0.05, 0.1) is 15.5 Å². The smallest absolute Gasteiger partial charge is 0.229 e. The van der Waals surface area contributed by atoms with Crippen molar-refractivity contribution < 1.29 is 13.5 Å². The number of halogens is 1. The highest BCUT2D eigenvalue weighted by molar-refractivity contribution is 7.90. The topological polar surface area (TPSA) is 144 Å². The second-order valence-corrected chi connectivity index (χ2v) is 10.7. The molecule has 2 heterocycles. The molecule has 34 heavy (non-hydrogen) atoms. The average molecular weight is 519 g/mol. The Bertz CT molecular complexity index is 1360. The predicted molar refractivity (Wildman–Crippen MR) is 135 cm³/mol. The minimum Gasteiger partial charge on any atom is -0.396 e. The standard InChI is InChI=1S/C14H13ClN6O2S2.C8H10O/c1-7-20-21-13(24-7)9-6-17-14(19-12(9)16)18-8-3-4-11(10(15)5-8)25(2,22)23;9-7-6-8-4-2-1-3-5-8/h3-6H,1-2H3,(H3,16,17,18,19);1-5,9H,6-7H2. The number of nitrogens with zero attached hydrogens (tertiary/aromatic N) is 4. The number of aromatic nitrogens is 4. The minimum atomic E-state index is -3.39. The Balaban J connectivity index is 0.000000302. The second kappa shape index (κ2) is 11.3. The third-order valence-electron chi connectivity index (χ3n) is 4.41. The number of aliphatic hydroxyl groups excluding tert-OH is 1. The summed E-state index contributed by atoms with van der Waals surface area (Å²) in [7, 11) is -3.39. The van der Waals surface area contributed by atoms with Crippen LogP contribution in [0.2, 0.25) is 5.02 Å². The van der Waals surface area contributed by atoms with Gasteiger partial charge in [0.25, 0.3) is 0 Å². The number of nitrogen functional groups attached to an aromatic ring is 1. The summed E-state index contributed by atoms with van der Waals surface area (Å²) in [6, 6.07) is 14.4. The Kier molecular flexibility index (Phi) is 8.51. The number of hydrogen-bond acceptors (Lipinski definition) is 10. The number of benzene rings is 2. The quantitative estimate of drug-likeness (QED) is 0.346. The predicted octanol–water partition coefficient (Wildman–Crippen LogP) is 3.91. The molecular weight excluding hydrogens is 496 g/mol. The van der Waals surface area contributed by atoms with Gasteiger partial charge in [-0.1, -0.05) is 53.3 Å². The molecule has 0 bridgehead atoms. The molecule has 4 aromatic rings. The van der Waals surface area contributed by atoms with Crippen LogP contribution in [0.1, 0.15) is 10.6 Å². The van der Waals surface area contributed by atoms with Crippen LogP contribution in [-0.4, -0.2) is 46.6 Å². The molecule has 178 valence electrons. The maximum atomic E-state index is 11.6. The van der Waals surface area contributed by atoms with Crippen LogP contribution in [0.5, 0.6) is 0 Å². The summed E-state index contributed by atoms with van der Waals surface area (Å²) < 4.78 is 23.2. The van der Waals surface area contributed by atoms with E-state index in [1.165, 1.54) is 29.0 Å². The van der Waals surface area contributed by atoms with Gasteiger partial charge in [0.1, 0.15) is 10.8 Å². The van der Waals surface area contributed by atoms with Gasteiger partial charge in [-0.25, -0.2) is 13.4 Å². The van der Waals surface area contributed by atoms with E-state index in [1.54, 1.807) is 12.3 Å². The summed E-state index contributed by atoms with van der Waals surface area (Å²) >= 11 is 7.41. The number of rotatable bonds is 6. The van der Waals surface area contributed by atoms with Gasteiger partial charge in [0.15, 0.2) is 14.8 Å². The maximum Gasteiger partial charge on any atom is 0.229 e. The van der Waals surface area contributed by atoms with Gasteiger partial charge in [0, 0.05) is 24.7 Å². The number of aliphatic hydroxyl groups is 1. The van der Waals surface area contributed by atoms with Crippen molar-refractivity contribution in [2.75, 3.05) is 23.9 Å². The van der Waals surface area contributed by atoms with Crippen molar-refractivity contribution in [3.63, 3.8) is 0 Å². The van der Waals surface area contributed by atoms with Gasteiger partial charge in [-0.3, -0.25) is 0 Å². The summed E-state index contributed by atoms with van der Waals surface area (Å²) in [5, 5.41) is 21.0. The van der Waals surface area contributed by atoms with Crippen molar-refractivity contribution in [2.45, 2.75) is 18.2 Å². The van der Waals surface area contributed by atoms with Crippen LogP contribution in [0.25, 0.3) is 10.6 Å². The lowest BCUT2D eigenvalue weighted by Crippen LogP contribution is -2.03. The van der Waals surface area contributed by atoms with E-state index in [1.807, 2.05) is 37.3 Å². The van der Waals surface area contributed by atoms with Crippen molar-refractivity contribution in [1.29, 1.82) is 0 Å². The van der Waals surface area contributed by atoms with E-state index in [-0.39, 0.29) is 28.3 Å². The zero-order valence-corrected chi connectivity index (χ0v) is 20.8. The Hall–Kier alpha value is -3.12. The van der Waals surface area contributed by atoms with E-state index in [0.717, 1.165) is 17.7 Å². The molecule has 2 aromatic heterocycles. The van der Waals surface area contributed by atoms with E-state index in [0.29, 0.717) is 16.3 Å². The SMILES string of the molecule is Cc1nnc(-c2cnc(Nc3ccc(S(C)(=O)=O)c(Cl)c3)nc2N)s1.OCCc1ccccc1. The average Bonchev–Trinajstić information content (AvgIpc) is 3.20. The normalized spacial score (nSPS) is 10.9. The zero-order chi connectivity index (χ0) is 24.7. The highest BCUT2D eigenvalue weighted by Gasteiger charge is 2.14. The van der Waals surface area contributed by atoms with Gasteiger partial charge in [-0.2, -0.15) is 4.98 Å². The van der Waals surface area contributed by atoms with Crippen LogP contribution >= 0.6 is 22.9 Å². The number of nitrogens with two attached hydrogens (primary N) is 1. The fourth-order valence-electron chi connectivity index (χ4n) is 2.81. The number of aryl methyl sites for hydroxylation is 1. The Morgan fingerprint density at radius 1 is 1.15 bits per heavy atom. The zero-order valence-electron chi connectivity index (χ0n) is 18.4. The molecule has 0 aliphatic heterocycles. The third-order valence-corrected chi connectivity index (χ3v) is 6.86. The van der Waals surface area contributed by atoms with Gasteiger partial charge in [-0.15, -0.1) is 10.2 Å². The highest BCUT2D eigenvalue weighted by atomic mass is 35.5. The molecule has 9 nitrogen and oxygen atoms in total. The number of anilines is 3. The minimum absolute atomic E-state index is 0.0575. The lowest BCUT2D eigenvalue weighted by Gasteiger charge is -2.09. The lowest BCUT2D eigenvalue weighted by atomic mass is 10.2. The van der Waals surface area contributed by atoms with Crippen molar-refractivity contribution >= 4 is 50.2 Å². The summed E-state index contributed by atoms with van der Waals surface area (Å²) in [5.41, 5.74) is 8.30. The number of sulfone groups is 1. The Morgan fingerprint density at radius 3 is 2.44 bits per heavy atom. The molecule has 0 amide bonds. The van der Waals surface area contributed by atoms with Gasteiger partial charge < -0.3 is 16.2 Å². The van der Waals surface area contributed by atoms with Gasteiger partial charge in [-0.05, 0) is 37.1 Å². The van der Waals surface area contributed by atoms with Crippen LogP contribution in [0.3, 0.4) is 0 Å². The lowest BCUT2D eigenvalue weighted by molar-refractivity contribution is 0.299. The molecule has 0 aliphatic rings. The monoisotopic (exact) mass is 518 g/mol. The van der Waals surface area contributed by atoms with Crippen molar-refractivity contribution in [2.24, 2.45) is 0 Å². The van der Waals surface area contributed by atoms with Gasteiger partial charge in [0.2, 0.25) is 5.95 Å². The first kappa shape index (κ1) is 25.5. The number of nitrogens with one attached hydrogen (secondary N) is 1. The molecule has 0 fully saturated rings. The van der Waals surface area contributed by atoms with Crippen molar-refractivity contribution in [3.05, 3.63) is 70.3 Å². The van der Waals surface area contributed by atoms with Crippen LogP contribution in [-0.2, 0) is 16.3 Å². The number of hydrogen-bond donors (Lipinski definition) is 3. The van der Waals surface area contributed by atoms with E-state index < -0.39 is 9.84 Å². The van der Waals surface area contributed by atoms with Crippen molar-refractivity contribution in [3.8, 4) is 10.6 Å². The van der Waals surface area contributed by atoms with Crippen LogP contribution in [0, 0.1) is 6.92 Å².